The van der Waals surface area contributed by atoms with Crippen LogP contribution < -0.4 is 0 Å². The van der Waals surface area contributed by atoms with Gasteiger partial charge in [0.05, 0.1) is 5.56 Å². The van der Waals surface area contributed by atoms with Crippen LogP contribution in [0.2, 0.25) is 0 Å². The number of hydrogen-bond acceptors (Lipinski definition) is 4. The molecule has 20 heavy (non-hydrogen) atoms. The number of rotatable bonds is 2. The molecule has 1 N–H and O–H groups in total. The van der Waals surface area contributed by atoms with Crippen molar-refractivity contribution < 1.29 is 22.7 Å². The number of alkyl halides is 3. The highest BCUT2D eigenvalue weighted by Gasteiger charge is 2.39. The molecular weight excluding hydrogens is 291 g/mol. The maximum absolute atomic E-state index is 12.7. The van der Waals surface area contributed by atoms with Crippen LogP contribution in [0.25, 0.3) is 0 Å². The molecule has 0 amide bonds. The summed E-state index contributed by atoms with van der Waals surface area (Å²) in [6, 6.07) is 4.40. The number of benzene rings is 1. The van der Waals surface area contributed by atoms with Gasteiger partial charge < -0.3 is 4.74 Å². The Morgan fingerprint density at radius 1 is 1.40 bits per heavy atom. The van der Waals surface area contributed by atoms with Crippen LogP contribution in [0, 0.1) is 5.41 Å². The van der Waals surface area contributed by atoms with Crippen LogP contribution in [0.3, 0.4) is 0 Å². The van der Waals surface area contributed by atoms with Gasteiger partial charge in [0, 0.05) is 5.41 Å². The normalized spacial score (nSPS) is 21.4. The smallest absolute Gasteiger partial charge is 0.416 e. The van der Waals surface area contributed by atoms with Gasteiger partial charge in [-0.25, -0.2) is 0 Å². The van der Waals surface area contributed by atoms with Crippen molar-refractivity contribution in [2.45, 2.75) is 12.1 Å². The Balaban J connectivity index is 2.40. The standard InChI is InChI=1S/C13H10F3NO2S/c1-20-6-9-11(18)10(12(17)19-9)7-3-2-4-8(5-7)13(14,15)16/h2-6,10,17H,1H3. The molecule has 1 aliphatic heterocycles. The zero-order valence-corrected chi connectivity index (χ0v) is 11.1. The van der Waals surface area contributed by atoms with Gasteiger partial charge in [-0.2, -0.15) is 13.2 Å². The van der Waals surface area contributed by atoms with Crippen LogP contribution in [0.15, 0.2) is 35.4 Å². The largest absolute Gasteiger partial charge is 0.438 e. The fourth-order valence-corrected chi connectivity index (χ4v) is 2.25. The Morgan fingerprint density at radius 3 is 2.70 bits per heavy atom. The molecule has 2 rings (SSSR count). The Kier molecular flexibility index (Phi) is 3.89. The molecule has 1 heterocycles. The topological polar surface area (TPSA) is 50.1 Å². The Labute approximate surface area is 117 Å². The first kappa shape index (κ1) is 14.6. The fourth-order valence-electron chi connectivity index (χ4n) is 1.88. The van der Waals surface area contributed by atoms with Gasteiger partial charge in [0.2, 0.25) is 11.7 Å². The number of allylic oxidation sites excluding steroid dienone is 1. The molecule has 0 aromatic heterocycles. The second-order valence-corrected chi connectivity index (χ2v) is 4.81. The molecule has 0 aliphatic carbocycles. The minimum absolute atomic E-state index is 0.00934. The summed E-state index contributed by atoms with van der Waals surface area (Å²) in [4.78, 5) is 12.0. The summed E-state index contributed by atoms with van der Waals surface area (Å²) >= 11 is 1.22. The number of ether oxygens (including phenoxy) is 1. The monoisotopic (exact) mass is 301 g/mol. The third-order valence-corrected chi connectivity index (χ3v) is 3.21. The van der Waals surface area contributed by atoms with E-state index in [9.17, 15) is 18.0 Å². The maximum atomic E-state index is 12.7. The average molecular weight is 301 g/mol. The summed E-state index contributed by atoms with van der Waals surface area (Å²) in [5.74, 6) is -1.96. The van der Waals surface area contributed by atoms with E-state index in [1.54, 1.807) is 6.26 Å². The first-order chi connectivity index (χ1) is 9.34. The first-order valence-corrected chi connectivity index (χ1v) is 6.84. The molecule has 1 aliphatic rings. The lowest BCUT2D eigenvalue weighted by molar-refractivity contribution is -0.137. The zero-order valence-electron chi connectivity index (χ0n) is 10.3. The quantitative estimate of drug-likeness (QED) is 0.850. The van der Waals surface area contributed by atoms with Crippen molar-refractivity contribution in [2.24, 2.45) is 0 Å². The lowest BCUT2D eigenvalue weighted by Gasteiger charge is -2.10. The molecule has 1 aromatic rings. The molecular formula is C13H10F3NO2S. The van der Waals surface area contributed by atoms with Crippen LogP contribution in [-0.2, 0) is 15.7 Å². The van der Waals surface area contributed by atoms with E-state index in [1.165, 1.54) is 29.3 Å². The summed E-state index contributed by atoms with van der Waals surface area (Å²) in [6.07, 6.45) is -2.77. The molecule has 0 saturated carbocycles. The second-order valence-electron chi connectivity index (χ2n) is 4.10. The second kappa shape index (κ2) is 5.32. The Bertz CT molecular complexity index is 596. The van der Waals surface area contributed by atoms with Gasteiger partial charge in [-0.05, 0) is 17.9 Å². The van der Waals surface area contributed by atoms with Crippen molar-refractivity contribution in [1.29, 1.82) is 5.41 Å². The molecule has 1 unspecified atom stereocenters. The van der Waals surface area contributed by atoms with Gasteiger partial charge in [0.1, 0.15) is 5.92 Å². The van der Waals surface area contributed by atoms with Crippen LogP contribution >= 0.6 is 11.8 Å². The van der Waals surface area contributed by atoms with E-state index in [4.69, 9.17) is 10.1 Å². The van der Waals surface area contributed by atoms with Gasteiger partial charge in [-0.1, -0.05) is 18.2 Å². The molecule has 1 fully saturated rings. The SMILES string of the molecule is CSC=C1OC(=N)C(c2cccc(C(F)(F)F)c2)C1=O. The lowest BCUT2D eigenvalue weighted by Crippen LogP contribution is -2.14. The maximum Gasteiger partial charge on any atom is 0.416 e. The number of nitrogens with one attached hydrogen (secondary N) is 1. The third-order valence-electron chi connectivity index (χ3n) is 2.76. The number of carbonyl (C=O) groups excluding carboxylic acids is 1. The average Bonchev–Trinajstić information content (AvgIpc) is 2.64. The summed E-state index contributed by atoms with van der Waals surface area (Å²) in [6.45, 7) is 0. The first-order valence-electron chi connectivity index (χ1n) is 5.55. The highest BCUT2D eigenvalue weighted by atomic mass is 32.2. The minimum atomic E-state index is -4.49. The highest BCUT2D eigenvalue weighted by molar-refractivity contribution is 8.01. The number of halogens is 3. The minimum Gasteiger partial charge on any atom is -0.438 e. The predicted octanol–water partition coefficient (Wildman–Crippen LogP) is 3.57. The van der Waals surface area contributed by atoms with E-state index < -0.39 is 23.4 Å². The number of ketones is 1. The number of hydrogen-bond donors (Lipinski definition) is 1. The summed E-state index contributed by atoms with van der Waals surface area (Å²) in [5.41, 5.74) is -0.739. The van der Waals surface area contributed by atoms with E-state index in [1.807, 2.05) is 0 Å². The number of carbonyl (C=O) groups is 1. The molecule has 0 bridgehead atoms. The zero-order chi connectivity index (χ0) is 14.9. The van der Waals surface area contributed by atoms with Gasteiger partial charge in [0.15, 0.2) is 5.76 Å². The fraction of sp³-hybridized carbons (Fsp3) is 0.231. The van der Waals surface area contributed by atoms with E-state index in [0.29, 0.717) is 0 Å². The van der Waals surface area contributed by atoms with E-state index in [0.717, 1.165) is 12.1 Å². The molecule has 1 atom stereocenters. The van der Waals surface area contributed by atoms with Crippen LogP contribution in [0.1, 0.15) is 17.0 Å². The van der Waals surface area contributed by atoms with Crippen molar-refractivity contribution in [3.05, 3.63) is 46.6 Å². The van der Waals surface area contributed by atoms with Gasteiger partial charge >= 0.3 is 6.18 Å². The molecule has 0 spiro atoms. The lowest BCUT2D eigenvalue weighted by atomic mass is 9.94. The van der Waals surface area contributed by atoms with Crippen LogP contribution in [0.5, 0.6) is 0 Å². The predicted molar refractivity (Wildman–Crippen MR) is 69.6 cm³/mol. The van der Waals surface area contributed by atoms with Crippen molar-refractivity contribution in [3.63, 3.8) is 0 Å². The summed E-state index contributed by atoms with van der Waals surface area (Å²) in [5, 5.41) is 9.07. The number of Topliss-reactive ketones (excluding diaryl/α,β-unsaturated/α-hetero) is 1. The van der Waals surface area contributed by atoms with E-state index >= 15 is 0 Å². The van der Waals surface area contributed by atoms with Crippen molar-refractivity contribution in [2.75, 3.05) is 6.26 Å². The molecule has 7 heteroatoms. The molecule has 0 radical (unpaired) electrons. The summed E-state index contributed by atoms with van der Waals surface area (Å²) < 4.78 is 43.0. The van der Waals surface area contributed by atoms with Crippen LogP contribution in [0.4, 0.5) is 13.2 Å². The Hall–Kier alpha value is -1.76. The molecule has 106 valence electrons. The van der Waals surface area contributed by atoms with Gasteiger partial charge in [0.25, 0.3) is 0 Å². The van der Waals surface area contributed by atoms with Gasteiger partial charge in [-0.15, -0.1) is 11.8 Å². The van der Waals surface area contributed by atoms with Gasteiger partial charge in [-0.3, -0.25) is 10.2 Å². The molecule has 1 aromatic carbocycles. The van der Waals surface area contributed by atoms with Crippen molar-refractivity contribution in [1.82, 2.24) is 0 Å². The number of thioether (sulfide) groups is 1. The Morgan fingerprint density at radius 2 is 2.10 bits per heavy atom. The van der Waals surface area contributed by atoms with E-state index in [2.05, 4.69) is 0 Å². The molecule has 3 nitrogen and oxygen atoms in total. The van der Waals surface area contributed by atoms with Crippen molar-refractivity contribution >= 4 is 23.4 Å². The van der Waals surface area contributed by atoms with Crippen LogP contribution in [-0.4, -0.2) is 17.9 Å². The molecule has 1 saturated heterocycles. The summed E-state index contributed by atoms with van der Waals surface area (Å²) in [7, 11) is 0. The third kappa shape index (κ3) is 2.72. The highest BCUT2D eigenvalue weighted by Crippen LogP contribution is 2.35. The van der Waals surface area contributed by atoms with Crippen molar-refractivity contribution in [3.8, 4) is 0 Å². The van der Waals surface area contributed by atoms with E-state index in [-0.39, 0.29) is 17.2 Å².